The molecule has 1 aromatic carbocycles. The standard InChI is InChI=1S/C17H23NO3S/c1-12(14-8-7-13(20-3)10-15(14)21-4)18-11-17(2,19)16-6-5-9-22-16/h5-10,12,18-19H,11H2,1-4H3. The van der Waals surface area contributed by atoms with Crippen LogP contribution in [0.25, 0.3) is 0 Å². The highest BCUT2D eigenvalue weighted by Crippen LogP contribution is 2.30. The van der Waals surface area contributed by atoms with Gasteiger partial charge in [0.2, 0.25) is 0 Å². The number of hydrogen-bond acceptors (Lipinski definition) is 5. The molecule has 0 aliphatic heterocycles. The Morgan fingerprint density at radius 3 is 2.64 bits per heavy atom. The molecule has 0 fully saturated rings. The maximum absolute atomic E-state index is 10.6. The van der Waals surface area contributed by atoms with Gasteiger partial charge in [0.15, 0.2) is 0 Å². The van der Waals surface area contributed by atoms with E-state index in [0.29, 0.717) is 6.54 Å². The van der Waals surface area contributed by atoms with E-state index in [9.17, 15) is 5.11 Å². The Bertz CT molecular complexity index is 596. The van der Waals surface area contributed by atoms with E-state index >= 15 is 0 Å². The van der Waals surface area contributed by atoms with Gasteiger partial charge >= 0.3 is 0 Å². The molecule has 1 heterocycles. The minimum atomic E-state index is -0.887. The zero-order valence-corrected chi connectivity index (χ0v) is 14.2. The maximum Gasteiger partial charge on any atom is 0.127 e. The number of thiophene rings is 1. The average Bonchev–Trinajstić information content (AvgIpc) is 3.07. The summed E-state index contributed by atoms with van der Waals surface area (Å²) in [7, 11) is 3.28. The first kappa shape index (κ1) is 16.8. The third-order valence-corrected chi connectivity index (χ3v) is 4.83. The zero-order valence-electron chi connectivity index (χ0n) is 13.4. The Morgan fingerprint density at radius 1 is 1.27 bits per heavy atom. The summed E-state index contributed by atoms with van der Waals surface area (Å²) in [5, 5.41) is 15.9. The molecule has 1 aromatic heterocycles. The van der Waals surface area contributed by atoms with Crippen LogP contribution in [0.5, 0.6) is 11.5 Å². The summed E-state index contributed by atoms with van der Waals surface area (Å²) in [4.78, 5) is 0.953. The topological polar surface area (TPSA) is 50.7 Å². The first-order chi connectivity index (χ1) is 10.5. The highest BCUT2D eigenvalue weighted by atomic mass is 32.1. The van der Waals surface area contributed by atoms with Crippen molar-refractivity contribution >= 4 is 11.3 Å². The highest BCUT2D eigenvalue weighted by Gasteiger charge is 2.25. The van der Waals surface area contributed by atoms with E-state index in [1.165, 1.54) is 0 Å². The lowest BCUT2D eigenvalue weighted by atomic mass is 10.0. The van der Waals surface area contributed by atoms with Crippen molar-refractivity contribution in [2.45, 2.75) is 25.5 Å². The quantitative estimate of drug-likeness (QED) is 0.821. The normalized spacial score (nSPS) is 15.1. The van der Waals surface area contributed by atoms with Gasteiger partial charge < -0.3 is 19.9 Å². The van der Waals surface area contributed by atoms with E-state index in [1.54, 1.807) is 25.6 Å². The van der Waals surface area contributed by atoms with Gasteiger partial charge in [-0.15, -0.1) is 11.3 Å². The molecular formula is C17H23NO3S. The Kier molecular flexibility index (Phi) is 5.45. The van der Waals surface area contributed by atoms with E-state index in [-0.39, 0.29) is 6.04 Å². The fraction of sp³-hybridized carbons (Fsp3) is 0.412. The second-order valence-corrected chi connectivity index (χ2v) is 6.41. The molecule has 5 heteroatoms. The lowest BCUT2D eigenvalue weighted by Crippen LogP contribution is -2.36. The fourth-order valence-electron chi connectivity index (χ4n) is 2.31. The van der Waals surface area contributed by atoms with Crippen molar-refractivity contribution < 1.29 is 14.6 Å². The molecule has 0 bridgehead atoms. The third kappa shape index (κ3) is 3.80. The largest absolute Gasteiger partial charge is 0.497 e. The summed E-state index contributed by atoms with van der Waals surface area (Å²) in [5.74, 6) is 1.54. The Balaban J connectivity index is 2.08. The molecule has 2 rings (SSSR count). The molecule has 22 heavy (non-hydrogen) atoms. The monoisotopic (exact) mass is 321 g/mol. The highest BCUT2D eigenvalue weighted by molar-refractivity contribution is 7.10. The van der Waals surface area contributed by atoms with Crippen LogP contribution in [0.1, 0.15) is 30.3 Å². The molecule has 120 valence electrons. The first-order valence-electron chi connectivity index (χ1n) is 7.19. The second kappa shape index (κ2) is 7.13. The molecule has 0 spiro atoms. The predicted molar refractivity (Wildman–Crippen MR) is 89.9 cm³/mol. The van der Waals surface area contributed by atoms with Crippen molar-refractivity contribution in [2.75, 3.05) is 20.8 Å². The third-order valence-electron chi connectivity index (χ3n) is 3.71. The molecule has 2 unspecified atom stereocenters. The summed E-state index contributed by atoms with van der Waals surface area (Å²) in [6.45, 7) is 4.34. The average molecular weight is 321 g/mol. The van der Waals surface area contributed by atoms with Crippen LogP contribution in [0, 0.1) is 0 Å². The molecule has 2 aromatic rings. The predicted octanol–water partition coefficient (Wildman–Crippen LogP) is 3.32. The molecule has 0 aliphatic rings. The van der Waals surface area contributed by atoms with Crippen molar-refractivity contribution in [2.24, 2.45) is 0 Å². The minimum absolute atomic E-state index is 0.0484. The van der Waals surface area contributed by atoms with Crippen LogP contribution < -0.4 is 14.8 Å². The van der Waals surface area contributed by atoms with Gasteiger partial charge in [-0.3, -0.25) is 0 Å². The Hall–Kier alpha value is -1.56. The number of hydrogen-bond donors (Lipinski definition) is 2. The molecule has 0 saturated heterocycles. The van der Waals surface area contributed by atoms with Gasteiger partial charge in [-0.1, -0.05) is 12.1 Å². The first-order valence-corrected chi connectivity index (χ1v) is 8.07. The van der Waals surface area contributed by atoms with Gasteiger partial charge in [-0.2, -0.15) is 0 Å². The molecule has 2 atom stereocenters. The molecule has 0 amide bonds. The van der Waals surface area contributed by atoms with E-state index < -0.39 is 5.60 Å². The second-order valence-electron chi connectivity index (χ2n) is 5.46. The van der Waals surface area contributed by atoms with Crippen molar-refractivity contribution in [1.29, 1.82) is 0 Å². The van der Waals surface area contributed by atoms with Crippen molar-refractivity contribution in [1.82, 2.24) is 5.32 Å². The Morgan fingerprint density at radius 2 is 2.05 bits per heavy atom. The van der Waals surface area contributed by atoms with Crippen molar-refractivity contribution in [3.05, 3.63) is 46.2 Å². The molecule has 0 radical (unpaired) electrons. The van der Waals surface area contributed by atoms with E-state index in [4.69, 9.17) is 9.47 Å². The summed E-state index contributed by atoms with van der Waals surface area (Å²) in [5.41, 5.74) is 0.146. The van der Waals surface area contributed by atoms with Gasteiger partial charge in [-0.25, -0.2) is 0 Å². The van der Waals surface area contributed by atoms with Crippen LogP contribution >= 0.6 is 11.3 Å². The molecular weight excluding hydrogens is 298 g/mol. The van der Waals surface area contributed by atoms with E-state index in [2.05, 4.69) is 12.2 Å². The van der Waals surface area contributed by atoms with Crippen LogP contribution in [-0.4, -0.2) is 25.9 Å². The number of benzene rings is 1. The minimum Gasteiger partial charge on any atom is -0.497 e. The SMILES string of the molecule is COc1ccc(C(C)NCC(C)(O)c2cccs2)c(OC)c1. The summed E-state index contributed by atoms with van der Waals surface area (Å²) < 4.78 is 10.6. The van der Waals surface area contributed by atoms with Crippen LogP contribution in [0.15, 0.2) is 35.7 Å². The van der Waals surface area contributed by atoms with Crippen LogP contribution in [0.2, 0.25) is 0 Å². The Labute approximate surface area is 135 Å². The van der Waals surface area contributed by atoms with E-state index in [1.807, 2.05) is 42.6 Å². The van der Waals surface area contributed by atoms with Gasteiger partial charge in [0.05, 0.1) is 14.2 Å². The van der Waals surface area contributed by atoms with E-state index in [0.717, 1.165) is 21.9 Å². The fourth-order valence-corrected chi connectivity index (χ4v) is 3.10. The van der Waals surface area contributed by atoms with Gasteiger partial charge in [0.1, 0.15) is 17.1 Å². The number of nitrogens with one attached hydrogen (secondary N) is 1. The van der Waals surface area contributed by atoms with Gasteiger partial charge in [0, 0.05) is 29.1 Å². The number of methoxy groups -OCH3 is 2. The van der Waals surface area contributed by atoms with Crippen LogP contribution in [-0.2, 0) is 5.60 Å². The molecule has 0 aliphatic carbocycles. The maximum atomic E-state index is 10.6. The van der Waals surface area contributed by atoms with Crippen LogP contribution in [0.4, 0.5) is 0 Å². The summed E-state index contributed by atoms with van der Waals surface area (Å²) in [6.07, 6.45) is 0. The van der Waals surface area contributed by atoms with Crippen molar-refractivity contribution in [3.8, 4) is 11.5 Å². The number of ether oxygens (including phenoxy) is 2. The lowest BCUT2D eigenvalue weighted by molar-refractivity contribution is 0.0580. The number of rotatable bonds is 7. The molecule has 4 nitrogen and oxygen atoms in total. The molecule has 0 saturated carbocycles. The van der Waals surface area contributed by atoms with Gasteiger partial charge in [-0.05, 0) is 31.4 Å². The van der Waals surface area contributed by atoms with Crippen molar-refractivity contribution in [3.63, 3.8) is 0 Å². The lowest BCUT2D eigenvalue weighted by Gasteiger charge is -2.26. The van der Waals surface area contributed by atoms with Gasteiger partial charge in [0.25, 0.3) is 0 Å². The summed E-state index contributed by atoms with van der Waals surface area (Å²) in [6, 6.07) is 9.70. The zero-order chi connectivity index (χ0) is 16.2. The molecule has 2 N–H and O–H groups in total. The smallest absolute Gasteiger partial charge is 0.127 e. The number of aliphatic hydroxyl groups is 1. The van der Waals surface area contributed by atoms with Crippen LogP contribution in [0.3, 0.4) is 0 Å². The summed E-state index contributed by atoms with van der Waals surface area (Å²) >= 11 is 1.56.